The van der Waals surface area contributed by atoms with Crippen LogP contribution in [0.15, 0.2) is 35.2 Å². The normalized spacial score (nSPS) is 14.8. The van der Waals surface area contributed by atoms with Crippen LogP contribution in [-0.4, -0.2) is 9.55 Å². The fourth-order valence-corrected chi connectivity index (χ4v) is 2.33. The molecule has 3 nitrogen and oxygen atoms in total. The molecule has 0 bridgehead atoms. The second-order valence-electron chi connectivity index (χ2n) is 4.50. The van der Waals surface area contributed by atoms with Crippen LogP contribution in [0, 0.1) is 5.82 Å². The zero-order chi connectivity index (χ0) is 12.5. The Morgan fingerprint density at radius 3 is 3.06 bits per heavy atom. The molecule has 0 atom stereocenters. The van der Waals surface area contributed by atoms with E-state index in [0.717, 1.165) is 10.2 Å². The Hall–Kier alpha value is -1.36. The number of nitrogens with one attached hydrogen (secondary N) is 1. The molecular weight excluding hydrogens is 297 g/mol. The maximum Gasteiger partial charge on any atom is 0.146 e. The van der Waals surface area contributed by atoms with Crippen molar-refractivity contribution in [3.63, 3.8) is 0 Å². The van der Waals surface area contributed by atoms with Gasteiger partial charge in [0.15, 0.2) is 0 Å². The minimum Gasteiger partial charge on any atom is -0.377 e. The number of rotatable bonds is 4. The molecule has 0 unspecified atom stereocenters. The lowest BCUT2D eigenvalue weighted by molar-refractivity contribution is 0.628. The first kappa shape index (κ1) is 11.7. The van der Waals surface area contributed by atoms with E-state index < -0.39 is 0 Å². The van der Waals surface area contributed by atoms with Crippen molar-refractivity contribution < 1.29 is 4.39 Å². The Balaban J connectivity index is 1.73. The summed E-state index contributed by atoms with van der Waals surface area (Å²) >= 11 is 3.34. The van der Waals surface area contributed by atoms with Crippen molar-refractivity contribution in [2.24, 2.45) is 0 Å². The van der Waals surface area contributed by atoms with Crippen molar-refractivity contribution in [3.05, 3.63) is 46.7 Å². The molecule has 1 aliphatic carbocycles. The first-order valence-electron chi connectivity index (χ1n) is 5.93. The van der Waals surface area contributed by atoms with E-state index in [0.29, 0.717) is 18.3 Å². The average molecular weight is 310 g/mol. The summed E-state index contributed by atoms with van der Waals surface area (Å²) in [7, 11) is 0. The summed E-state index contributed by atoms with van der Waals surface area (Å²) in [6, 6.07) is 5.48. The molecule has 0 spiro atoms. The van der Waals surface area contributed by atoms with Gasteiger partial charge in [-0.25, -0.2) is 9.37 Å². The fourth-order valence-electron chi connectivity index (χ4n) is 1.97. The Kier molecular flexibility index (Phi) is 3.07. The molecule has 1 aromatic heterocycles. The number of halogens is 2. The molecule has 0 amide bonds. The van der Waals surface area contributed by atoms with E-state index in [1.165, 1.54) is 18.9 Å². The van der Waals surface area contributed by atoms with Crippen LogP contribution in [-0.2, 0) is 6.54 Å². The smallest absolute Gasteiger partial charge is 0.146 e. The molecule has 1 heterocycles. The van der Waals surface area contributed by atoms with E-state index >= 15 is 0 Å². The quantitative estimate of drug-likeness (QED) is 0.932. The standard InChI is InChI=1S/C13H13BrFN3/c14-9-1-4-12(15)13(5-9)17-7-11-6-16-8-18(11)10-2-3-10/h1,4-6,8,10,17H,2-3,7H2. The molecule has 3 rings (SSSR count). The van der Waals surface area contributed by atoms with Crippen LogP contribution in [0.5, 0.6) is 0 Å². The van der Waals surface area contributed by atoms with Crippen molar-refractivity contribution >= 4 is 21.6 Å². The minimum absolute atomic E-state index is 0.240. The molecule has 1 fully saturated rings. The predicted molar refractivity (Wildman–Crippen MR) is 71.9 cm³/mol. The lowest BCUT2D eigenvalue weighted by Crippen LogP contribution is -2.06. The SMILES string of the molecule is Fc1ccc(Br)cc1NCc1cncn1C1CC1. The summed E-state index contributed by atoms with van der Waals surface area (Å²) in [6.45, 7) is 0.587. The molecule has 94 valence electrons. The highest BCUT2D eigenvalue weighted by atomic mass is 79.9. The highest BCUT2D eigenvalue weighted by molar-refractivity contribution is 9.10. The van der Waals surface area contributed by atoms with E-state index in [1.807, 2.05) is 12.5 Å². The van der Waals surface area contributed by atoms with Crippen LogP contribution in [0.25, 0.3) is 0 Å². The summed E-state index contributed by atoms with van der Waals surface area (Å²) in [5.74, 6) is -0.240. The number of benzene rings is 1. The van der Waals surface area contributed by atoms with Crippen LogP contribution in [0.4, 0.5) is 10.1 Å². The fraction of sp³-hybridized carbons (Fsp3) is 0.308. The van der Waals surface area contributed by atoms with Gasteiger partial charge in [-0.05, 0) is 31.0 Å². The van der Waals surface area contributed by atoms with Crippen LogP contribution >= 0.6 is 15.9 Å². The van der Waals surface area contributed by atoms with Crippen LogP contribution < -0.4 is 5.32 Å². The number of hydrogen-bond acceptors (Lipinski definition) is 2. The van der Waals surface area contributed by atoms with Crippen LogP contribution in [0.2, 0.25) is 0 Å². The van der Waals surface area contributed by atoms with Gasteiger partial charge in [-0.2, -0.15) is 0 Å². The van der Waals surface area contributed by atoms with Gasteiger partial charge in [0.05, 0.1) is 24.3 Å². The number of anilines is 1. The van der Waals surface area contributed by atoms with Gasteiger partial charge in [-0.3, -0.25) is 0 Å². The summed E-state index contributed by atoms with van der Waals surface area (Å²) in [5.41, 5.74) is 1.60. The van der Waals surface area contributed by atoms with Gasteiger partial charge in [-0.1, -0.05) is 15.9 Å². The topological polar surface area (TPSA) is 29.9 Å². The average Bonchev–Trinajstić information content (AvgIpc) is 3.10. The first-order valence-corrected chi connectivity index (χ1v) is 6.73. The molecule has 2 aromatic rings. The van der Waals surface area contributed by atoms with E-state index in [9.17, 15) is 4.39 Å². The molecule has 0 aliphatic heterocycles. The molecule has 1 aromatic carbocycles. The van der Waals surface area contributed by atoms with Crippen molar-refractivity contribution in [1.29, 1.82) is 0 Å². The molecule has 18 heavy (non-hydrogen) atoms. The highest BCUT2D eigenvalue weighted by Gasteiger charge is 2.25. The van der Waals surface area contributed by atoms with Crippen molar-refractivity contribution in [2.75, 3.05) is 5.32 Å². The number of imidazole rings is 1. The molecular formula is C13H13BrFN3. The third-order valence-corrected chi connectivity index (χ3v) is 3.57. The van der Waals surface area contributed by atoms with Crippen molar-refractivity contribution in [3.8, 4) is 0 Å². The number of nitrogens with zero attached hydrogens (tertiary/aromatic N) is 2. The van der Waals surface area contributed by atoms with Gasteiger partial charge in [0.25, 0.3) is 0 Å². The molecule has 1 saturated carbocycles. The maximum absolute atomic E-state index is 13.6. The second kappa shape index (κ2) is 4.72. The zero-order valence-corrected chi connectivity index (χ0v) is 11.3. The van der Waals surface area contributed by atoms with Crippen molar-refractivity contribution in [1.82, 2.24) is 9.55 Å². The zero-order valence-electron chi connectivity index (χ0n) is 9.74. The molecule has 0 radical (unpaired) electrons. The predicted octanol–water partition coefficient (Wildman–Crippen LogP) is 3.73. The number of hydrogen-bond donors (Lipinski definition) is 1. The minimum atomic E-state index is -0.240. The first-order chi connectivity index (χ1) is 8.74. The third kappa shape index (κ3) is 2.41. The van der Waals surface area contributed by atoms with Gasteiger partial charge in [-0.15, -0.1) is 0 Å². The third-order valence-electron chi connectivity index (χ3n) is 3.07. The largest absolute Gasteiger partial charge is 0.377 e. The lowest BCUT2D eigenvalue weighted by Gasteiger charge is -2.10. The van der Waals surface area contributed by atoms with Crippen LogP contribution in [0.3, 0.4) is 0 Å². The van der Waals surface area contributed by atoms with Gasteiger partial charge in [0, 0.05) is 16.7 Å². The summed E-state index contributed by atoms with van der Waals surface area (Å²) < 4.78 is 16.6. The Bertz CT molecular complexity index is 563. The Morgan fingerprint density at radius 2 is 2.28 bits per heavy atom. The summed E-state index contributed by atoms with van der Waals surface area (Å²) in [5, 5.41) is 3.11. The number of aromatic nitrogens is 2. The highest BCUT2D eigenvalue weighted by Crippen LogP contribution is 2.35. The Labute approximate surface area is 113 Å². The molecule has 1 N–H and O–H groups in total. The monoisotopic (exact) mass is 309 g/mol. The summed E-state index contributed by atoms with van der Waals surface area (Å²) in [6.07, 6.45) is 6.12. The van der Waals surface area contributed by atoms with Gasteiger partial charge in [0.1, 0.15) is 5.82 Å². The Morgan fingerprint density at radius 1 is 1.44 bits per heavy atom. The lowest BCUT2D eigenvalue weighted by atomic mass is 10.3. The van der Waals surface area contributed by atoms with Gasteiger partial charge < -0.3 is 9.88 Å². The van der Waals surface area contributed by atoms with E-state index in [-0.39, 0.29) is 5.82 Å². The molecule has 0 saturated heterocycles. The molecule has 5 heteroatoms. The molecule has 1 aliphatic rings. The summed E-state index contributed by atoms with van der Waals surface area (Å²) in [4.78, 5) is 4.16. The second-order valence-corrected chi connectivity index (χ2v) is 5.42. The van der Waals surface area contributed by atoms with E-state index in [4.69, 9.17) is 0 Å². The van der Waals surface area contributed by atoms with Crippen LogP contribution in [0.1, 0.15) is 24.6 Å². The van der Waals surface area contributed by atoms with Crippen molar-refractivity contribution in [2.45, 2.75) is 25.4 Å². The van der Waals surface area contributed by atoms with Gasteiger partial charge in [0.2, 0.25) is 0 Å². The van der Waals surface area contributed by atoms with Gasteiger partial charge >= 0.3 is 0 Å². The van der Waals surface area contributed by atoms with E-state index in [2.05, 4.69) is 30.8 Å². The maximum atomic E-state index is 13.6. The van der Waals surface area contributed by atoms with E-state index in [1.54, 1.807) is 12.1 Å².